The van der Waals surface area contributed by atoms with Crippen molar-refractivity contribution in [3.8, 4) is 6.07 Å². The van der Waals surface area contributed by atoms with E-state index in [0.717, 1.165) is 11.3 Å². The van der Waals surface area contributed by atoms with E-state index >= 15 is 0 Å². The van der Waals surface area contributed by atoms with Crippen molar-refractivity contribution < 1.29 is 9.53 Å². The van der Waals surface area contributed by atoms with Crippen molar-refractivity contribution in [2.24, 2.45) is 0 Å². The van der Waals surface area contributed by atoms with E-state index < -0.39 is 5.91 Å². The summed E-state index contributed by atoms with van der Waals surface area (Å²) in [6.45, 7) is 5.35. The van der Waals surface area contributed by atoms with E-state index in [1.165, 1.54) is 10.5 Å². The lowest BCUT2D eigenvalue weighted by Crippen LogP contribution is -2.47. The number of hydrogen-bond acceptors (Lipinski definition) is 7. The van der Waals surface area contributed by atoms with E-state index in [4.69, 9.17) is 21.3 Å². The van der Waals surface area contributed by atoms with E-state index in [1.807, 2.05) is 48.2 Å². The molecule has 1 aromatic carbocycles. The first-order chi connectivity index (χ1) is 17.9. The number of methoxy groups -OCH3 is 1. The number of nitriles is 1. The minimum absolute atomic E-state index is 0.150. The molecule has 1 aliphatic rings. The van der Waals surface area contributed by atoms with Gasteiger partial charge in [-0.15, -0.1) is 0 Å². The number of benzene rings is 1. The number of hydrogen-bond donors (Lipinski definition) is 1. The summed E-state index contributed by atoms with van der Waals surface area (Å²) >= 11 is 6.18. The number of anilines is 2. The molecule has 192 valence electrons. The number of aromatic nitrogens is 2. The zero-order valence-electron chi connectivity index (χ0n) is 20.9. The number of piperazine rings is 1. The van der Waals surface area contributed by atoms with Crippen molar-refractivity contribution in [2.45, 2.75) is 13.3 Å². The number of fused-ring (bicyclic) bond motifs is 1. The lowest BCUT2D eigenvalue weighted by atomic mass is 10.1. The molecule has 0 saturated carbocycles. The van der Waals surface area contributed by atoms with Crippen LogP contribution in [0.4, 0.5) is 11.5 Å². The van der Waals surface area contributed by atoms with Crippen LogP contribution < -0.4 is 20.7 Å². The summed E-state index contributed by atoms with van der Waals surface area (Å²) < 4.78 is 6.45. The van der Waals surface area contributed by atoms with Crippen LogP contribution in [0.1, 0.15) is 17.5 Å². The second-order valence-electron chi connectivity index (χ2n) is 8.77. The fourth-order valence-corrected chi connectivity index (χ4v) is 4.51. The fraction of sp³-hybridized carbons (Fsp3) is 0.333. The predicted octanol–water partition coefficient (Wildman–Crippen LogP) is 3.04. The van der Waals surface area contributed by atoms with Crippen molar-refractivity contribution in [3.05, 3.63) is 74.7 Å². The number of nitrogens with one attached hydrogen (secondary N) is 1. The summed E-state index contributed by atoms with van der Waals surface area (Å²) in [6.07, 6.45) is 3.61. The minimum atomic E-state index is -0.538. The standard InChI is InChI=1S/C27H29ClN6O3/c1-19-6-4-10-34-24(19)31-25(33-13-11-32(12-14-33)22-8-3-7-21(28)17-22)23(27(34)36)16-20(18-29)26(35)30-9-5-15-37-2/h3-4,6-8,10,16-17H,5,9,11-15H2,1-2H3,(H,30,35). The van der Waals surface area contributed by atoms with E-state index in [1.54, 1.807) is 19.4 Å². The van der Waals surface area contributed by atoms with Crippen LogP contribution in [0.15, 0.2) is 53.0 Å². The van der Waals surface area contributed by atoms with Crippen molar-refractivity contribution in [1.82, 2.24) is 14.7 Å². The minimum Gasteiger partial charge on any atom is -0.385 e. The first-order valence-electron chi connectivity index (χ1n) is 12.1. The Kier molecular flexibility index (Phi) is 8.43. The van der Waals surface area contributed by atoms with Gasteiger partial charge >= 0.3 is 0 Å². The van der Waals surface area contributed by atoms with Crippen LogP contribution in [-0.4, -0.2) is 61.7 Å². The Morgan fingerprint density at radius 1 is 1.22 bits per heavy atom. The summed E-state index contributed by atoms with van der Waals surface area (Å²) in [5, 5.41) is 13.1. The fourth-order valence-electron chi connectivity index (χ4n) is 4.32. The van der Waals surface area contributed by atoms with Gasteiger partial charge in [-0.05, 0) is 49.2 Å². The normalized spacial score (nSPS) is 14.1. The Bertz CT molecular complexity index is 1420. The summed E-state index contributed by atoms with van der Waals surface area (Å²) in [7, 11) is 1.58. The van der Waals surface area contributed by atoms with E-state index in [9.17, 15) is 14.9 Å². The summed E-state index contributed by atoms with van der Waals surface area (Å²) in [6, 6.07) is 13.3. The van der Waals surface area contributed by atoms with Gasteiger partial charge in [0, 0.05) is 63.3 Å². The molecule has 1 N–H and O–H groups in total. The molecule has 1 amide bonds. The van der Waals surface area contributed by atoms with Crippen molar-refractivity contribution >= 4 is 40.7 Å². The van der Waals surface area contributed by atoms with Gasteiger partial charge < -0.3 is 19.9 Å². The first-order valence-corrected chi connectivity index (χ1v) is 12.5. The van der Waals surface area contributed by atoms with Crippen LogP contribution in [0.2, 0.25) is 5.02 Å². The van der Waals surface area contributed by atoms with Gasteiger partial charge in [-0.3, -0.25) is 14.0 Å². The van der Waals surface area contributed by atoms with Gasteiger partial charge in [0.1, 0.15) is 23.1 Å². The molecule has 0 aliphatic carbocycles. The van der Waals surface area contributed by atoms with Crippen molar-refractivity contribution in [2.75, 3.05) is 56.2 Å². The average Bonchev–Trinajstić information content (AvgIpc) is 2.91. The Morgan fingerprint density at radius 3 is 2.68 bits per heavy atom. The number of ether oxygens (including phenoxy) is 1. The topological polar surface area (TPSA) is 103 Å². The largest absolute Gasteiger partial charge is 0.385 e. The zero-order chi connectivity index (χ0) is 26.4. The highest BCUT2D eigenvalue weighted by Gasteiger charge is 2.24. The third-order valence-electron chi connectivity index (χ3n) is 6.28. The third kappa shape index (κ3) is 5.93. The molecule has 0 bridgehead atoms. The van der Waals surface area contributed by atoms with Crippen molar-refractivity contribution in [1.29, 1.82) is 5.26 Å². The molecule has 1 aliphatic heterocycles. The van der Waals surface area contributed by atoms with E-state index in [-0.39, 0.29) is 16.7 Å². The number of nitrogens with zero attached hydrogens (tertiary/aromatic N) is 5. The number of carbonyl (C=O) groups excluding carboxylic acids is 1. The van der Waals surface area contributed by atoms with Gasteiger partial charge in [0.2, 0.25) is 0 Å². The maximum absolute atomic E-state index is 13.6. The average molecular weight is 521 g/mol. The third-order valence-corrected chi connectivity index (χ3v) is 6.52. The molecule has 0 atom stereocenters. The molecule has 3 aromatic rings. The smallest absolute Gasteiger partial charge is 0.267 e. The lowest BCUT2D eigenvalue weighted by molar-refractivity contribution is -0.117. The van der Waals surface area contributed by atoms with Gasteiger partial charge in [-0.2, -0.15) is 5.26 Å². The van der Waals surface area contributed by atoms with Crippen molar-refractivity contribution in [3.63, 3.8) is 0 Å². The molecule has 0 radical (unpaired) electrons. The van der Waals surface area contributed by atoms with Crippen LogP contribution in [0.25, 0.3) is 11.7 Å². The number of rotatable bonds is 8. The summed E-state index contributed by atoms with van der Waals surface area (Å²) in [4.78, 5) is 35.4. The second kappa shape index (κ2) is 11.9. The molecule has 9 nitrogen and oxygen atoms in total. The van der Waals surface area contributed by atoms with Gasteiger partial charge in [-0.1, -0.05) is 23.7 Å². The number of amides is 1. The molecule has 3 heterocycles. The highest BCUT2D eigenvalue weighted by Crippen LogP contribution is 2.25. The highest BCUT2D eigenvalue weighted by molar-refractivity contribution is 6.30. The molecule has 0 spiro atoms. The number of aryl methyl sites for hydroxylation is 1. The molecule has 1 fully saturated rings. The van der Waals surface area contributed by atoms with Gasteiger partial charge in [0.25, 0.3) is 11.5 Å². The van der Waals surface area contributed by atoms with Gasteiger partial charge in [-0.25, -0.2) is 4.98 Å². The molecule has 0 unspecified atom stereocenters. The van der Waals surface area contributed by atoms with Crippen LogP contribution >= 0.6 is 11.6 Å². The number of carbonyl (C=O) groups is 1. The highest BCUT2D eigenvalue weighted by atomic mass is 35.5. The molecular weight excluding hydrogens is 492 g/mol. The van der Waals surface area contributed by atoms with E-state index in [2.05, 4.69) is 10.2 Å². The Balaban J connectivity index is 1.69. The Labute approximate surface area is 220 Å². The molecule has 10 heteroatoms. The quantitative estimate of drug-likeness (QED) is 0.276. The maximum atomic E-state index is 13.6. The molecule has 2 aromatic heterocycles. The molecule has 37 heavy (non-hydrogen) atoms. The monoisotopic (exact) mass is 520 g/mol. The predicted molar refractivity (Wildman–Crippen MR) is 145 cm³/mol. The van der Waals surface area contributed by atoms with Gasteiger partial charge in [0.15, 0.2) is 0 Å². The molecule has 1 saturated heterocycles. The summed E-state index contributed by atoms with van der Waals surface area (Å²) in [5.74, 6) is -0.0750. The van der Waals surface area contributed by atoms with E-state index in [0.29, 0.717) is 62.2 Å². The second-order valence-corrected chi connectivity index (χ2v) is 9.20. The first kappa shape index (κ1) is 26.2. The molecule has 4 rings (SSSR count). The summed E-state index contributed by atoms with van der Waals surface area (Å²) in [5.41, 5.74) is 2.16. The van der Waals surface area contributed by atoms with Crippen LogP contribution in [-0.2, 0) is 9.53 Å². The maximum Gasteiger partial charge on any atom is 0.267 e. The SMILES string of the molecule is COCCCNC(=O)C(C#N)=Cc1c(N2CCN(c3cccc(Cl)c3)CC2)nc2c(C)cccn2c1=O. The van der Waals surface area contributed by atoms with Crippen LogP contribution in [0.3, 0.4) is 0 Å². The number of pyridine rings is 1. The van der Waals surface area contributed by atoms with Gasteiger partial charge in [0.05, 0.1) is 5.56 Å². The lowest BCUT2D eigenvalue weighted by Gasteiger charge is -2.37. The zero-order valence-corrected chi connectivity index (χ0v) is 21.7. The van der Waals surface area contributed by atoms with Crippen LogP contribution in [0.5, 0.6) is 0 Å². The Morgan fingerprint density at radius 2 is 1.97 bits per heavy atom. The Hall–Kier alpha value is -3.87. The molecular formula is C27H29ClN6O3. The van der Waals surface area contributed by atoms with Crippen LogP contribution in [0, 0.1) is 18.3 Å². The number of halogens is 1.